The molecule has 0 saturated carbocycles. The van der Waals surface area contributed by atoms with Gasteiger partial charge in [0.25, 0.3) is 0 Å². The van der Waals surface area contributed by atoms with Crippen LogP contribution in [0.5, 0.6) is 0 Å². The maximum atomic E-state index is 12.9. The van der Waals surface area contributed by atoms with Crippen LogP contribution in [0.1, 0.15) is 11.6 Å². The van der Waals surface area contributed by atoms with E-state index in [1.165, 1.54) is 6.07 Å². The topological polar surface area (TPSA) is 21.9 Å². The lowest BCUT2D eigenvalue weighted by Crippen LogP contribution is -1.93. The Bertz CT molecular complexity index is 281. The Balaban J connectivity index is 2.45. The van der Waals surface area contributed by atoms with E-state index in [0.29, 0.717) is 5.56 Å². The third-order valence-electron chi connectivity index (χ3n) is 1.77. The van der Waals surface area contributed by atoms with Crippen LogP contribution in [0, 0.1) is 11.6 Å². The van der Waals surface area contributed by atoms with Gasteiger partial charge in [-0.15, -0.1) is 0 Å². The quantitative estimate of drug-likeness (QED) is 0.611. The molecule has 1 atom stereocenters. The molecular weight excluding hydrogens is 148 g/mol. The van der Waals surface area contributed by atoms with Crippen LogP contribution < -0.4 is 5.32 Å². The van der Waals surface area contributed by atoms with E-state index in [0.717, 1.165) is 12.6 Å². The van der Waals surface area contributed by atoms with Crippen molar-refractivity contribution in [3.05, 3.63) is 35.4 Å². The number of hydrogen-bond acceptors (Lipinski definition) is 1. The summed E-state index contributed by atoms with van der Waals surface area (Å²) in [7, 11) is 0. The van der Waals surface area contributed by atoms with Crippen LogP contribution in [-0.4, -0.2) is 6.54 Å². The van der Waals surface area contributed by atoms with E-state index in [1.807, 2.05) is 0 Å². The summed E-state index contributed by atoms with van der Waals surface area (Å²) in [6, 6.07) is 4.28. The summed E-state index contributed by atoms with van der Waals surface area (Å²) in [5.41, 5.74) is 0.435. The first-order valence-corrected chi connectivity index (χ1v) is 3.46. The molecule has 0 aliphatic carbocycles. The average Bonchev–Trinajstić information content (AvgIpc) is 2.77. The third kappa shape index (κ3) is 1.12. The summed E-state index contributed by atoms with van der Waals surface area (Å²) in [4.78, 5) is 0. The summed E-state index contributed by atoms with van der Waals surface area (Å²) >= 11 is 0. The highest BCUT2D eigenvalue weighted by Crippen LogP contribution is 2.25. The van der Waals surface area contributed by atoms with Crippen molar-refractivity contribution in [1.82, 2.24) is 5.32 Å². The predicted octanol–water partition coefficient (Wildman–Crippen LogP) is 1.61. The standard InChI is InChI=1S/C8H7F2N/c9-6-3-1-2-5(8(6)10)7-4-11-7/h1-3,7,11H,4H2/t7-/m0/s1. The van der Waals surface area contributed by atoms with Crippen LogP contribution in [0.3, 0.4) is 0 Å². The van der Waals surface area contributed by atoms with E-state index in [4.69, 9.17) is 0 Å². The highest BCUT2D eigenvalue weighted by Gasteiger charge is 2.26. The van der Waals surface area contributed by atoms with Gasteiger partial charge in [0, 0.05) is 18.2 Å². The molecule has 1 aliphatic rings. The molecule has 58 valence electrons. The highest BCUT2D eigenvalue weighted by molar-refractivity contribution is 5.26. The molecule has 2 rings (SSSR count). The summed E-state index contributed by atoms with van der Waals surface area (Å²) in [6.45, 7) is 0.750. The Morgan fingerprint density at radius 3 is 2.73 bits per heavy atom. The molecule has 0 aromatic heterocycles. The van der Waals surface area contributed by atoms with Crippen LogP contribution in [0.2, 0.25) is 0 Å². The van der Waals surface area contributed by atoms with Gasteiger partial charge in [-0.25, -0.2) is 8.78 Å². The van der Waals surface area contributed by atoms with Gasteiger partial charge in [0.05, 0.1) is 0 Å². The number of rotatable bonds is 1. The summed E-state index contributed by atoms with van der Waals surface area (Å²) < 4.78 is 25.4. The molecule has 1 aromatic carbocycles. The minimum Gasteiger partial charge on any atom is -0.307 e. The van der Waals surface area contributed by atoms with Crippen molar-refractivity contribution in [2.45, 2.75) is 6.04 Å². The fourth-order valence-corrected chi connectivity index (χ4v) is 1.07. The average molecular weight is 155 g/mol. The molecule has 1 fully saturated rings. The van der Waals surface area contributed by atoms with Crippen molar-refractivity contribution in [3.8, 4) is 0 Å². The van der Waals surface area contributed by atoms with Crippen LogP contribution in [0.4, 0.5) is 8.78 Å². The first-order chi connectivity index (χ1) is 5.29. The van der Waals surface area contributed by atoms with E-state index in [-0.39, 0.29) is 6.04 Å². The molecule has 1 aromatic rings. The fraction of sp³-hybridized carbons (Fsp3) is 0.250. The maximum Gasteiger partial charge on any atom is 0.163 e. The second-order valence-corrected chi connectivity index (χ2v) is 2.60. The van der Waals surface area contributed by atoms with E-state index in [1.54, 1.807) is 6.07 Å². The molecule has 3 heteroatoms. The van der Waals surface area contributed by atoms with Crippen molar-refractivity contribution in [2.75, 3.05) is 6.54 Å². The Morgan fingerprint density at radius 1 is 1.36 bits per heavy atom. The van der Waals surface area contributed by atoms with Gasteiger partial charge >= 0.3 is 0 Å². The van der Waals surface area contributed by atoms with Crippen molar-refractivity contribution in [2.24, 2.45) is 0 Å². The lowest BCUT2D eigenvalue weighted by Gasteiger charge is -1.98. The van der Waals surface area contributed by atoms with E-state index in [9.17, 15) is 8.78 Å². The smallest absolute Gasteiger partial charge is 0.163 e. The molecule has 1 heterocycles. The zero-order chi connectivity index (χ0) is 7.84. The molecule has 11 heavy (non-hydrogen) atoms. The van der Waals surface area contributed by atoms with Crippen molar-refractivity contribution in [1.29, 1.82) is 0 Å². The highest BCUT2D eigenvalue weighted by atomic mass is 19.2. The van der Waals surface area contributed by atoms with Crippen LogP contribution in [0.15, 0.2) is 18.2 Å². The maximum absolute atomic E-state index is 12.9. The van der Waals surface area contributed by atoms with Crippen LogP contribution in [-0.2, 0) is 0 Å². The zero-order valence-electron chi connectivity index (χ0n) is 5.77. The summed E-state index contributed by atoms with van der Waals surface area (Å²) in [6.07, 6.45) is 0. The lowest BCUT2D eigenvalue weighted by molar-refractivity contribution is 0.499. The first-order valence-electron chi connectivity index (χ1n) is 3.46. The Kier molecular flexibility index (Phi) is 1.39. The normalized spacial score (nSPS) is 21.8. The molecule has 1 nitrogen and oxygen atoms in total. The number of halogens is 2. The van der Waals surface area contributed by atoms with Gasteiger partial charge in [0.1, 0.15) is 0 Å². The van der Waals surface area contributed by atoms with Gasteiger partial charge in [0.15, 0.2) is 11.6 Å². The van der Waals surface area contributed by atoms with E-state index < -0.39 is 11.6 Å². The second-order valence-electron chi connectivity index (χ2n) is 2.60. The van der Waals surface area contributed by atoms with Crippen molar-refractivity contribution in [3.63, 3.8) is 0 Å². The molecular formula is C8H7F2N. The van der Waals surface area contributed by atoms with Gasteiger partial charge in [-0.2, -0.15) is 0 Å². The Hall–Kier alpha value is -0.960. The molecule has 0 spiro atoms. The molecule has 1 N–H and O–H groups in total. The SMILES string of the molecule is Fc1cccc([C@@H]2CN2)c1F. The minimum atomic E-state index is -0.767. The van der Waals surface area contributed by atoms with E-state index >= 15 is 0 Å². The van der Waals surface area contributed by atoms with Crippen LogP contribution in [0.25, 0.3) is 0 Å². The molecule has 0 amide bonds. The second kappa shape index (κ2) is 2.27. The molecule has 1 aliphatic heterocycles. The number of nitrogens with one attached hydrogen (secondary N) is 1. The van der Waals surface area contributed by atoms with Gasteiger partial charge in [-0.05, 0) is 6.07 Å². The Morgan fingerprint density at radius 2 is 2.09 bits per heavy atom. The van der Waals surface area contributed by atoms with Gasteiger partial charge in [-0.1, -0.05) is 12.1 Å². The number of benzene rings is 1. The van der Waals surface area contributed by atoms with Crippen LogP contribution >= 0.6 is 0 Å². The lowest BCUT2D eigenvalue weighted by atomic mass is 10.1. The molecule has 0 radical (unpaired) electrons. The first kappa shape index (κ1) is 6.73. The monoisotopic (exact) mass is 155 g/mol. The molecule has 0 unspecified atom stereocenters. The summed E-state index contributed by atoms with van der Waals surface area (Å²) in [5.74, 6) is -1.49. The predicted molar refractivity (Wildman–Crippen MR) is 37.1 cm³/mol. The zero-order valence-corrected chi connectivity index (χ0v) is 5.77. The number of hydrogen-bond donors (Lipinski definition) is 1. The fourth-order valence-electron chi connectivity index (χ4n) is 1.07. The summed E-state index contributed by atoms with van der Waals surface area (Å²) in [5, 5.41) is 2.91. The molecule has 1 saturated heterocycles. The van der Waals surface area contributed by atoms with Gasteiger partial charge in [0.2, 0.25) is 0 Å². The van der Waals surface area contributed by atoms with Crippen molar-refractivity contribution < 1.29 is 8.78 Å². The van der Waals surface area contributed by atoms with Gasteiger partial charge in [-0.3, -0.25) is 0 Å². The largest absolute Gasteiger partial charge is 0.307 e. The van der Waals surface area contributed by atoms with Gasteiger partial charge < -0.3 is 5.32 Å². The van der Waals surface area contributed by atoms with E-state index in [2.05, 4.69) is 5.32 Å². The Labute approximate surface area is 63.0 Å². The van der Waals surface area contributed by atoms with Crippen molar-refractivity contribution >= 4 is 0 Å². The third-order valence-corrected chi connectivity index (χ3v) is 1.77. The minimum absolute atomic E-state index is 0.0331. The molecule has 0 bridgehead atoms.